The molecule has 2 amide bonds. The van der Waals surface area contributed by atoms with Gasteiger partial charge in [-0.05, 0) is 38.1 Å². The van der Waals surface area contributed by atoms with E-state index >= 15 is 0 Å². The minimum absolute atomic E-state index is 0.0975. The highest BCUT2D eigenvalue weighted by atomic mass is 32.2. The van der Waals surface area contributed by atoms with Crippen LogP contribution in [0.2, 0.25) is 0 Å². The van der Waals surface area contributed by atoms with Crippen molar-refractivity contribution < 1.29 is 9.53 Å². The number of rotatable bonds is 3. The number of benzene rings is 1. The first-order valence-corrected chi connectivity index (χ1v) is 7.81. The lowest BCUT2D eigenvalue weighted by Crippen LogP contribution is -2.41. The van der Waals surface area contributed by atoms with E-state index in [1.54, 1.807) is 22.4 Å². The number of aromatic nitrogens is 1. The van der Waals surface area contributed by atoms with E-state index < -0.39 is 0 Å². The molecular formula is C16H17N3O2S. The number of ether oxygens (including phenoxy) is 1. The summed E-state index contributed by atoms with van der Waals surface area (Å²) in [6, 6.07) is 11.2. The van der Waals surface area contributed by atoms with Crippen molar-refractivity contribution in [1.82, 2.24) is 4.98 Å². The fourth-order valence-corrected chi connectivity index (χ4v) is 3.19. The number of hydrogen-bond donors (Lipinski definition) is 0. The molecule has 0 bridgehead atoms. The van der Waals surface area contributed by atoms with Gasteiger partial charge >= 0.3 is 6.03 Å². The molecule has 0 N–H and O–H groups in total. The maximum absolute atomic E-state index is 12.6. The number of anilines is 2. The van der Waals surface area contributed by atoms with Crippen molar-refractivity contribution in [1.29, 1.82) is 0 Å². The van der Waals surface area contributed by atoms with Gasteiger partial charge in [-0.15, -0.1) is 0 Å². The Bertz CT molecular complexity index is 691. The summed E-state index contributed by atoms with van der Waals surface area (Å²) < 4.78 is 7.29. The van der Waals surface area contributed by atoms with E-state index in [0.29, 0.717) is 5.82 Å². The maximum atomic E-state index is 12.6. The molecule has 0 radical (unpaired) electrons. The van der Waals surface area contributed by atoms with Crippen LogP contribution in [0.5, 0.6) is 5.75 Å². The Balaban J connectivity index is 1.95. The molecule has 3 rings (SSSR count). The Labute approximate surface area is 134 Å². The zero-order valence-corrected chi connectivity index (χ0v) is 13.5. The minimum atomic E-state index is -0.127. The number of carbonyl (C=O) groups is 1. The van der Waals surface area contributed by atoms with Crippen LogP contribution in [0.4, 0.5) is 16.3 Å². The molecule has 0 unspecified atom stereocenters. The molecule has 0 aliphatic carbocycles. The van der Waals surface area contributed by atoms with Crippen LogP contribution in [-0.4, -0.2) is 24.2 Å². The molecule has 6 heteroatoms. The van der Waals surface area contributed by atoms with Crippen molar-refractivity contribution >= 4 is 29.5 Å². The molecule has 0 fully saturated rings. The number of pyridine rings is 1. The molecule has 1 aromatic heterocycles. The topological polar surface area (TPSA) is 45.7 Å². The molecule has 0 saturated carbocycles. The Morgan fingerprint density at radius 2 is 2.05 bits per heavy atom. The van der Waals surface area contributed by atoms with E-state index in [9.17, 15) is 4.79 Å². The molecule has 22 heavy (non-hydrogen) atoms. The molecule has 0 saturated heterocycles. The van der Waals surface area contributed by atoms with Crippen LogP contribution in [0.1, 0.15) is 13.8 Å². The predicted molar refractivity (Wildman–Crippen MR) is 88.6 cm³/mol. The van der Waals surface area contributed by atoms with Gasteiger partial charge in [0.15, 0.2) is 0 Å². The van der Waals surface area contributed by atoms with Gasteiger partial charge in [0.1, 0.15) is 11.6 Å². The number of urea groups is 1. The fraction of sp³-hybridized carbons (Fsp3) is 0.250. The maximum Gasteiger partial charge on any atom is 0.340 e. The average Bonchev–Trinajstić information content (AvgIpc) is 2.51. The summed E-state index contributed by atoms with van der Waals surface area (Å²) in [6.07, 6.45) is 1.78. The van der Waals surface area contributed by atoms with Crippen molar-refractivity contribution in [3.8, 4) is 5.75 Å². The SMILES string of the molecule is CC(C)Oc1ccc2c(c1)N(C)C(=O)N(c1ccccn1)S2. The van der Waals surface area contributed by atoms with Gasteiger partial charge in [0.2, 0.25) is 0 Å². The highest BCUT2D eigenvalue weighted by Gasteiger charge is 2.31. The lowest BCUT2D eigenvalue weighted by Gasteiger charge is -2.33. The first-order valence-electron chi connectivity index (χ1n) is 7.04. The third-order valence-corrected chi connectivity index (χ3v) is 4.24. The Hall–Kier alpha value is -2.21. The predicted octanol–water partition coefficient (Wildman–Crippen LogP) is 3.95. The number of fused-ring (bicyclic) bond motifs is 1. The number of amides is 2. The van der Waals surface area contributed by atoms with Gasteiger partial charge in [0, 0.05) is 31.3 Å². The number of nitrogens with zero attached hydrogens (tertiary/aromatic N) is 3. The largest absolute Gasteiger partial charge is 0.491 e. The Morgan fingerprint density at radius 3 is 2.73 bits per heavy atom. The molecule has 0 spiro atoms. The minimum Gasteiger partial charge on any atom is -0.491 e. The molecular weight excluding hydrogens is 298 g/mol. The van der Waals surface area contributed by atoms with Crippen molar-refractivity contribution in [2.24, 2.45) is 0 Å². The summed E-state index contributed by atoms with van der Waals surface area (Å²) in [7, 11) is 1.76. The quantitative estimate of drug-likeness (QED) is 0.805. The smallest absolute Gasteiger partial charge is 0.340 e. The van der Waals surface area contributed by atoms with Gasteiger partial charge in [0.05, 0.1) is 16.7 Å². The zero-order chi connectivity index (χ0) is 15.7. The van der Waals surface area contributed by atoms with Crippen LogP contribution in [-0.2, 0) is 0 Å². The number of hydrogen-bond acceptors (Lipinski definition) is 4. The second kappa shape index (κ2) is 5.88. The number of carbonyl (C=O) groups excluding carboxylic acids is 1. The third-order valence-electron chi connectivity index (χ3n) is 3.17. The molecule has 1 aromatic carbocycles. The monoisotopic (exact) mass is 315 g/mol. The zero-order valence-electron chi connectivity index (χ0n) is 12.7. The lowest BCUT2D eigenvalue weighted by atomic mass is 10.2. The van der Waals surface area contributed by atoms with Gasteiger partial charge in [-0.25, -0.2) is 14.1 Å². The standard InChI is InChI=1S/C16H17N3O2S/c1-11(2)21-12-7-8-14-13(10-12)18(3)16(20)19(22-14)15-6-4-5-9-17-15/h4-11H,1-3H3. The molecule has 114 valence electrons. The summed E-state index contributed by atoms with van der Waals surface area (Å²) in [4.78, 5) is 19.4. The lowest BCUT2D eigenvalue weighted by molar-refractivity contribution is 0.242. The van der Waals surface area contributed by atoms with Crippen molar-refractivity contribution in [3.05, 3.63) is 42.6 Å². The van der Waals surface area contributed by atoms with Crippen molar-refractivity contribution in [3.63, 3.8) is 0 Å². The third kappa shape index (κ3) is 2.74. The molecule has 2 heterocycles. The first kappa shape index (κ1) is 14.7. The van der Waals surface area contributed by atoms with E-state index in [1.165, 1.54) is 11.9 Å². The van der Waals surface area contributed by atoms with Crippen LogP contribution >= 0.6 is 11.9 Å². The van der Waals surface area contributed by atoms with Crippen LogP contribution in [0, 0.1) is 0 Å². The molecule has 5 nitrogen and oxygen atoms in total. The van der Waals surface area contributed by atoms with Gasteiger partial charge < -0.3 is 4.74 Å². The van der Waals surface area contributed by atoms with Crippen molar-refractivity contribution in [2.45, 2.75) is 24.8 Å². The van der Waals surface area contributed by atoms with Crippen LogP contribution in [0.25, 0.3) is 0 Å². The van der Waals surface area contributed by atoms with E-state index in [-0.39, 0.29) is 12.1 Å². The van der Waals surface area contributed by atoms with Gasteiger partial charge in [0.25, 0.3) is 0 Å². The highest BCUT2D eigenvalue weighted by Crippen LogP contribution is 2.41. The molecule has 1 aliphatic heterocycles. The summed E-state index contributed by atoms with van der Waals surface area (Å²) in [5.41, 5.74) is 0.848. The second-order valence-corrected chi connectivity index (χ2v) is 6.20. The second-order valence-electron chi connectivity index (χ2n) is 5.21. The molecule has 2 aromatic rings. The highest BCUT2D eigenvalue weighted by molar-refractivity contribution is 8.01. The van der Waals surface area contributed by atoms with Gasteiger partial charge in [-0.2, -0.15) is 0 Å². The van der Waals surface area contributed by atoms with E-state index in [2.05, 4.69) is 4.98 Å². The molecule has 1 aliphatic rings. The first-order chi connectivity index (χ1) is 10.6. The van der Waals surface area contributed by atoms with E-state index in [4.69, 9.17) is 4.74 Å². The van der Waals surface area contributed by atoms with E-state index in [0.717, 1.165) is 16.3 Å². The van der Waals surface area contributed by atoms with Gasteiger partial charge in [-0.3, -0.25) is 4.90 Å². The summed E-state index contributed by atoms with van der Waals surface area (Å²) >= 11 is 1.37. The van der Waals surface area contributed by atoms with E-state index in [1.807, 2.05) is 50.2 Å². The Kier molecular flexibility index (Phi) is 3.94. The Morgan fingerprint density at radius 1 is 1.23 bits per heavy atom. The summed E-state index contributed by atoms with van der Waals surface area (Å²) in [6.45, 7) is 3.96. The summed E-state index contributed by atoms with van der Waals surface area (Å²) in [5, 5.41) is 0. The van der Waals surface area contributed by atoms with Crippen LogP contribution in [0.15, 0.2) is 47.5 Å². The van der Waals surface area contributed by atoms with Crippen LogP contribution < -0.4 is 13.9 Å². The average molecular weight is 315 g/mol. The normalized spacial score (nSPS) is 14.3. The fourth-order valence-electron chi connectivity index (χ4n) is 2.18. The van der Waals surface area contributed by atoms with Crippen LogP contribution in [0.3, 0.4) is 0 Å². The summed E-state index contributed by atoms with van der Waals surface area (Å²) in [5.74, 6) is 1.39. The van der Waals surface area contributed by atoms with Crippen molar-refractivity contribution in [2.75, 3.05) is 16.3 Å². The molecule has 0 atom stereocenters. The van der Waals surface area contributed by atoms with Gasteiger partial charge in [-0.1, -0.05) is 6.07 Å².